The molecular formula is C23H26F2N4O3S. The second-order valence-corrected chi connectivity index (χ2v) is 8.63. The number of thioether (sulfide) groups is 1. The van der Waals surface area contributed by atoms with Crippen LogP contribution < -0.4 is 14.8 Å². The first-order chi connectivity index (χ1) is 15.8. The van der Waals surface area contributed by atoms with Crippen molar-refractivity contribution < 1.29 is 23.0 Å². The molecule has 7 nitrogen and oxygen atoms in total. The predicted molar refractivity (Wildman–Crippen MR) is 123 cm³/mol. The average molecular weight is 477 g/mol. The molecule has 2 aromatic carbocycles. The third-order valence-corrected chi connectivity index (χ3v) is 5.56. The summed E-state index contributed by atoms with van der Waals surface area (Å²) in [7, 11) is 1.57. The molecule has 0 spiro atoms. The molecule has 0 saturated heterocycles. The summed E-state index contributed by atoms with van der Waals surface area (Å²) < 4.78 is 40.9. The van der Waals surface area contributed by atoms with Gasteiger partial charge in [-0.15, -0.1) is 10.2 Å². The van der Waals surface area contributed by atoms with Gasteiger partial charge in [0.05, 0.1) is 12.9 Å². The minimum absolute atomic E-state index is 0.0915. The summed E-state index contributed by atoms with van der Waals surface area (Å²) in [6.07, 6.45) is -0.441. The Balaban J connectivity index is 1.74. The van der Waals surface area contributed by atoms with Crippen LogP contribution in [0.5, 0.6) is 11.5 Å². The summed E-state index contributed by atoms with van der Waals surface area (Å²) in [4.78, 5) is 12.3. The van der Waals surface area contributed by atoms with Crippen molar-refractivity contribution >= 4 is 23.4 Å². The number of ether oxygens (including phenoxy) is 2. The molecule has 176 valence electrons. The van der Waals surface area contributed by atoms with Crippen molar-refractivity contribution in [2.75, 3.05) is 18.2 Å². The molecular weight excluding hydrogens is 450 g/mol. The topological polar surface area (TPSA) is 78.3 Å². The number of benzene rings is 2. The van der Waals surface area contributed by atoms with Gasteiger partial charge in [0.1, 0.15) is 17.3 Å². The number of rotatable bonds is 10. The molecule has 1 amide bonds. The molecule has 0 saturated carbocycles. The number of halogens is 2. The number of nitrogens with one attached hydrogen (secondary N) is 1. The molecule has 0 fully saturated rings. The largest absolute Gasteiger partial charge is 0.493 e. The lowest BCUT2D eigenvalue weighted by atomic mass is 10.2. The Kier molecular flexibility index (Phi) is 8.26. The average Bonchev–Trinajstić information content (AvgIpc) is 3.17. The van der Waals surface area contributed by atoms with Crippen molar-refractivity contribution in [2.24, 2.45) is 5.92 Å². The van der Waals surface area contributed by atoms with Crippen molar-refractivity contribution in [3.05, 3.63) is 59.9 Å². The summed E-state index contributed by atoms with van der Waals surface area (Å²) in [5.74, 6) is -0.259. The summed E-state index contributed by atoms with van der Waals surface area (Å²) in [5.41, 5.74) is -0.466. The van der Waals surface area contributed by atoms with Gasteiger partial charge in [-0.2, -0.15) is 0 Å². The molecule has 1 aromatic heterocycles. The Labute approximate surface area is 195 Å². The van der Waals surface area contributed by atoms with Crippen LogP contribution in [0.3, 0.4) is 0 Å². The molecule has 0 aliphatic carbocycles. The predicted octanol–water partition coefficient (Wildman–Crippen LogP) is 5.09. The maximum Gasteiger partial charge on any atom is 0.235 e. The summed E-state index contributed by atoms with van der Waals surface area (Å²) in [5, 5.41) is 11.3. The molecule has 1 unspecified atom stereocenters. The standard InChI is InChI=1S/C23H26F2N4O3S/c1-14(2)12-29-22(15(3)32-19-11-6-5-10-18(19)31-4)27-28-23(29)33-13-20(30)26-21-16(24)8-7-9-17(21)25/h5-11,14-15H,12-13H2,1-4H3,(H,26,30). The molecule has 0 radical (unpaired) electrons. The third-order valence-electron chi connectivity index (χ3n) is 4.59. The van der Waals surface area contributed by atoms with Crippen molar-refractivity contribution in [1.29, 1.82) is 0 Å². The zero-order valence-corrected chi connectivity index (χ0v) is 19.7. The molecule has 0 aliphatic rings. The van der Waals surface area contributed by atoms with E-state index < -0.39 is 29.3 Å². The van der Waals surface area contributed by atoms with Gasteiger partial charge in [-0.1, -0.05) is 43.8 Å². The minimum atomic E-state index is -0.832. The number of anilines is 1. The van der Waals surface area contributed by atoms with Gasteiger partial charge in [-0.05, 0) is 37.1 Å². The lowest BCUT2D eigenvalue weighted by Crippen LogP contribution is -2.18. The highest BCUT2D eigenvalue weighted by Gasteiger charge is 2.22. The van der Waals surface area contributed by atoms with Crippen LogP contribution in [0, 0.1) is 17.6 Å². The van der Waals surface area contributed by atoms with Crippen molar-refractivity contribution in [1.82, 2.24) is 14.8 Å². The SMILES string of the molecule is COc1ccccc1OC(C)c1nnc(SCC(=O)Nc2c(F)cccc2F)n1CC(C)C. The van der Waals surface area contributed by atoms with Gasteiger partial charge in [0.25, 0.3) is 0 Å². The molecule has 1 atom stereocenters. The molecule has 0 bridgehead atoms. The highest BCUT2D eigenvalue weighted by molar-refractivity contribution is 7.99. The molecule has 0 aliphatic heterocycles. The van der Waals surface area contributed by atoms with E-state index >= 15 is 0 Å². The number of carbonyl (C=O) groups is 1. The van der Waals surface area contributed by atoms with Crippen LogP contribution in [0.4, 0.5) is 14.5 Å². The summed E-state index contributed by atoms with van der Waals surface area (Å²) in [6, 6.07) is 10.7. The van der Waals surface area contributed by atoms with Crippen molar-refractivity contribution in [2.45, 2.75) is 38.6 Å². The Hall–Kier alpha value is -3.14. The zero-order chi connectivity index (χ0) is 24.0. The van der Waals surface area contributed by atoms with Crippen LogP contribution in [-0.4, -0.2) is 33.5 Å². The molecule has 33 heavy (non-hydrogen) atoms. The van der Waals surface area contributed by atoms with Gasteiger partial charge < -0.3 is 19.4 Å². The van der Waals surface area contributed by atoms with Crippen LogP contribution >= 0.6 is 11.8 Å². The second kappa shape index (κ2) is 11.1. The Morgan fingerprint density at radius 3 is 2.36 bits per heavy atom. The maximum atomic E-state index is 13.8. The van der Waals surface area contributed by atoms with E-state index in [4.69, 9.17) is 9.47 Å². The van der Waals surface area contributed by atoms with Gasteiger partial charge in [0.2, 0.25) is 5.91 Å². The Bertz CT molecular complexity index is 1090. The van der Waals surface area contributed by atoms with Crippen LogP contribution in [0.25, 0.3) is 0 Å². The Morgan fingerprint density at radius 2 is 1.73 bits per heavy atom. The molecule has 1 heterocycles. The molecule has 3 aromatic rings. The first kappa shape index (κ1) is 24.5. The number of amides is 1. The quantitative estimate of drug-likeness (QED) is 0.411. The number of hydrogen-bond donors (Lipinski definition) is 1. The highest BCUT2D eigenvalue weighted by Crippen LogP contribution is 2.31. The Morgan fingerprint density at radius 1 is 1.06 bits per heavy atom. The van der Waals surface area contributed by atoms with E-state index in [-0.39, 0.29) is 11.7 Å². The zero-order valence-electron chi connectivity index (χ0n) is 18.8. The fourth-order valence-corrected chi connectivity index (χ4v) is 3.88. The lowest BCUT2D eigenvalue weighted by molar-refractivity contribution is -0.113. The number of hydrogen-bond acceptors (Lipinski definition) is 6. The van der Waals surface area contributed by atoms with Gasteiger partial charge in [-0.25, -0.2) is 8.78 Å². The molecule has 10 heteroatoms. The number of aromatic nitrogens is 3. The molecule has 3 rings (SSSR count). The van der Waals surface area contributed by atoms with Gasteiger partial charge in [0.15, 0.2) is 28.6 Å². The van der Waals surface area contributed by atoms with Crippen LogP contribution in [0.15, 0.2) is 47.6 Å². The lowest BCUT2D eigenvalue weighted by Gasteiger charge is -2.19. The fourth-order valence-electron chi connectivity index (χ4n) is 3.13. The van der Waals surface area contributed by atoms with E-state index in [1.807, 2.05) is 23.6 Å². The minimum Gasteiger partial charge on any atom is -0.493 e. The van der Waals surface area contributed by atoms with E-state index in [1.165, 1.54) is 6.07 Å². The normalized spacial score (nSPS) is 12.0. The van der Waals surface area contributed by atoms with Crippen LogP contribution in [-0.2, 0) is 11.3 Å². The van der Waals surface area contributed by atoms with E-state index in [0.29, 0.717) is 29.0 Å². The molecule has 1 N–H and O–H groups in total. The number of nitrogens with zero attached hydrogens (tertiary/aromatic N) is 3. The maximum absolute atomic E-state index is 13.8. The second-order valence-electron chi connectivity index (χ2n) is 7.69. The van der Waals surface area contributed by atoms with Gasteiger partial charge >= 0.3 is 0 Å². The highest BCUT2D eigenvalue weighted by atomic mass is 32.2. The first-order valence-corrected chi connectivity index (χ1v) is 11.4. The van der Waals surface area contributed by atoms with Crippen LogP contribution in [0.1, 0.15) is 32.7 Å². The summed E-state index contributed by atoms with van der Waals surface area (Å²) in [6.45, 7) is 6.57. The van der Waals surface area contributed by atoms with Gasteiger partial charge in [0, 0.05) is 6.54 Å². The monoisotopic (exact) mass is 476 g/mol. The van der Waals surface area contributed by atoms with Crippen molar-refractivity contribution in [3.8, 4) is 11.5 Å². The number of methoxy groups -OCH3 is 1. The fraction of sp³-hybridized carbons (Fsp3) is 0.348. The van der Waals surface area contributed by atoms with Crippen LogP contribution in [0.2, 0.25) is 0 Å². The summed E-state index contributed by atoms with van der Waals surface area (Å²) >= 11 is 1.13. The first-order valence-electron chi connectivity index (χ1n) is 10.4. The van der Waals surface area contributed by atoms with E-state index in [1.54, 1.807) is 19.2 Å². The third kappa shape index (κ3) is 6.22. The van der Waals surface area contributed by atoms with Gasteiger partial charge in [-0.3, -0.25) is 4.79 Å². The van der Waals surface area contributed by atoms with E-state index in [9.17, 15) is 13.6 Å². The number of para-hydroxylation sites is 3. The smallest absolute Gasteiger partial charge is 0.235 e. The van der Waals surface area contributed by atoms with Crippen molar-refractivity contribution in [3.63, 3.8) is 0 Å². The van der Waals surface area contributed by atoms with E-state index in [2.05, 4.69) is 29.4 Å². The van der Waals surface area contributed by atoms with E-state index in [0.717, 1.165) is 23.9 Å². The number of carbonyl (C=O) groups excluding carboxylic acids is 1.